The number of fused-ring (bicyclic) bond motifs is 2. The van der Waals surface area contributed by atoms with Crippen molar-refractivity contribution in [3.63, 3.8) is 0 Å². The SMILES string of the molecule is Cc1ncnn1-c1cc(F)ccc1CN1CCC2(CC1)COCCn1c2nc(C(N)=O)c(O)c1=O. The average molecular weight is 484 g/mol. The Morgan fingerprint density at radius 3 is 2.74 bits per heavy atom. The Bertz CT molecular complexity index is 1340. The molecule has 1 fully saturated rings. The number of nitrogens with zero attached hydrogens (tertiary/aromatic N) is 6. The number of carbonyl (C=O) groups is 1. The van der Waals surface area contributed by atoms with Crippen LogP contribution in [0.3, 0.4) is 0 Å². The molecule has 1 saturated heterocycles. The Labute approximate surface area is 200 Å². The number of hydrogen-bond donors (Lipinski definition) is 2. The van der Waals surface area contributed by atoms with E-state index in [2.05, 4.69) is 20.0 Å². The van der Waals surface area contributed by atoms with Crippen molar-refractivity contribution in [2.75, 3.05) is 26.3 Å². The van der Waals surface area contributed by atoms with Crippen molar-refractivity contribution in [1.29, 1.82) is 0 Å². The topological polar surface area (TPSA) is 141 Å². The number of aromatic nitrogens is 5. The fraction of sp³-hybridized carbons (Fsp3) is 0.435. The van der Waals surface area contributed by atoms with Gasteiger partial charge in [0.25, 0.3) is 11.5 Å². The third-order valence-electron chi connectivity index (χ3n) is 6.89. The van der Waals surface area contributed by atoms with Crippen LogP contribution in [-0.2, 0) is 23.2 Å². The summed E-state index contributed by atoms with van der Waals surface area (Å²) in [6.45, 7) is 4.55. The molecule has 0 radical (unpaired) electrons. The molecule has 0 bridgehead atoms. The van der Waals surface area contributed by atoms with Crippen LogP contribution in [-0.4, -0.2) is 66.5 Å². The lowest BCUT2D eigenvalue weighted by atomic mass is 9.77. The van der Waals surface area contributed by atoms with Crippen LogP contribution in [0.2, 0.25) is 0 Å². The Balaban J connectivity index is 1.43. The van der Waals surface area contributed by atoms with Crippen molar-refractivity contribution < 1.29 is 19.0 Å². The molecule has 1 amide bonds. The Morgan fingerprint density at radius 1 is 1.29 bits per heavy atom. The van der Waals surface area contributed by atoms with E-state index in [1.807, 2.05) is 6.92 Å². The van der Waals surface area contributed by atoms with Gasteiger partial charge in [-0.15, -0.1) is 0 Å². The first-order chi connectivity index (χ1) is 16.8. The van der Waals surface area contributed by atoms with Crippen molar-refractivity contribution in [2.24, 2.45) is 5.73 Å². The molecule has 0 saturated carbocycles. The Kier molecular flexibility index (Phi) is 5.85. The van der Waals surface area contributed by atoms with Gasteiger partial charge in [0, 0.05) is 6.54 Å². The maximum Gasteiger partial charge on any atom is 0.296 e. The van der Waals surface area contributed by atoms with E-state index in [1.54, 1.807) is 10.7 Å². The van der Waals surface area contributed by atoms with Crippen LogP contribution in [0, 0.1) is 12.7 Å². The number of nitrogens with two attached hydrogens (primary N) is 1. The minimum atomic E-state index is -0.951. The number of rotatable bonds is 4. The van der Waals surface area contributed by atoms with Crippen molar-refractivity contribution >= 4 is 5.91 Å². The van der Waals surface area contributed by atoms with E-state index in [4.69, 9.17) is 10.5 Å². The molecule has 35 heavy (non-hydrogen) atoms. The van der Waals surface area contributed by atoms with Gasteiger partial charge in [-0.3, -0.25) is 19.1 Å². The minimum Gasteiger partial charge on any atom is -0.501 e. The van der Waals surface area contributed by atoms with E-state index in [0.717, 1.165) is 5.56 Å². The summed E-state index contributed by atoms with van der Waals surface area (Å²) in [4.78, 5) is 35.4. The van der Waals surface area contributed by atoms with Crippen LogP contribution in [0.5, 0.6) is 5.75 Å². The van der Waals surface area contributed by atoms with Gasteiger partial charge in [-0.1, -0.05) is 6.07 Å². The highest BCUT2D eigenvalue weighted by atomic mass is 19.1. The number of piperidine rings is 1. The highest BCUT2D eigenvalue weighted by molar-refractivity contribution is 5.93. The van der Waals surface area contributed by atoms with Gasteiger partial charge in [-0.2, -0.15) is 5.10 Å². The molecule has 5 rings (SSSR count). The fourth-order valence-electron chi connectivity index (χ4n) is 4.97. The molecule has 0 aliphatic carbocycles. The molecule has 3 N–H and O–H groups in total. The number of aromatic hydroxyl groups is 1. The zero-order chi connectivity index (χ0) is 24.7. The maximum absolute atomic E-state index is 14.0. The van der Waals surface area contributed by atoms with Gasteiger partial charge >= 0.3 is 0 Å². The number of carbonyl (C=O) groups excluding carboxylic acids is 1. The summed E-state index contributed by atoms with van der Waals surface area (Å²) >= 11 is 0. The Morgan fingerprint density at radius 2 is 2.06 bits per heavy atom. The fourth-order valence-corrected chi connectivity index (χ4v) is 4.97. The number of aryl methyl sites for hydroxylation is 1. The van der Waals surface area contributed by atoms with E-state index in [1.165, 1.54) is 23.0 Å². The lowest BCUT2D eigenvalue weighted by Crippen LogP contribution is -2.47. The summed E-state index contributed by atoms with van der Waals surface area (Å²) in [6, 6.07) is 4.63. The molecule has 2 aliphatic rings. The lowest BCUT2D eigenvalue weighted by molar-refractivity contribution is 0.0497. The summed E-state index contributed by atoms with van der Waals surface area (Å²) in [5.41, 5.74) is 5.22. The number of primary amides is 1. The number of likely N-dealkylation sites (tertiary alicyclic amines) is 1. The highest BCUT2D eigenvalue weighted by Gasteiger charge is 2.42. The molecule has 2 aromatic heterocycles. The van der Waals surface area contributed by atoms with Gasteiger partial charge in [-0.05, 0) is 50.6 Å². The molecular weight excluding hydrogens is 457 g/mol. The van der Waals surface area contributed by atoms with Crippen LogP contribution in [0.15, 0.2) is 29.3 Å². The first-order valence-corrected chi connectivity index (χ1v) is 11.4. The second-order valence-corrected chi connectivity index (χ2v) is 9.05. The number of amides is 1. The summed E-state index contributed by atoms with van der Waals surface area (Å²) in [7, 11) is 0. The van der Waals surface area contributed by atoms with Gasteiger partial charge in [0.1, 0.15) is 23.8 Å². The quantitative estimate of drug-likeness (QED) is 0.551. The van der Waals surface area contributed by atoms with Crippen molar-refractivity contribution in [2.45, 2.75) is 38.3 Å². The summed E-state index contributed by atoms with van der Waals surface area (Å²) in [6.07, 6.45) is 2.66. The Hall–Kier alpha value is -3.64. The molecule has 11 nitrogen and oxygen atoms in total. The molecule has 4 heterocycles. The first-order valence-electron chi connectivity index (χ1n) is 11.4. The van der Waals surface area contributed by atoms with Crippen molar-refractivity contribution in [1.82, 2.24) is 29.2 Å². The van der Waals surface area contributed by atoms with Gasteiger partial charge in [0.2, 0.25) is 5.75 Å². The average Bonchev–Trinajstić information content (AvgIpc) is 3.18. The number of halogens is 1. The molecule has 184 valence electrons. The molecule has 1 aromatic carbocycles. The van der Waals surface area contributed by atoms with Crippen LogP contribution in [0.1, 0.15) is 40.5 Å². The van der Waals surface area contributed by atoms with Crippen LogP contribution in [0.25, 0.3) is 5.69 Å². The maximum atomic E-state index is 14.0. The van der Waals surface area contributed by atoms with E-state index < -0.39 is 28.3 Å². The highest BCUT2D eigenvalue weighted by Crippen LogP contribution is 2.37. The van der Waals surface area contributed by atoms with Gasteiger partial charge in [0.05, 0.1) is 30.9 Å². The summed E-state index contributed by atoms with van der Waals surface area (Å²) < 4.78 is 22.9. The lowest BCUT2D eigenvalue weighted by Gasteiger charge is -2.41. The third-order valence-corrected chi connectivity index (χ3v) is 6.89. The largest absolute Gasteiger partial charge is 0.501 e. The normalized spacial score (nSPS) is 17.8. The zero-order valence-electron chi connectivity index (χ0n) is 19.3. The predicted molar refractivity (Wildman–Crippen MR) is 122 cm³/mol. The molecule has 0 atom stereocenters. The smallest absolute Gasteiger partial charge is 0.296 e. The summed E-state index contributed by atoms with van der Waals surface area (Å²) in [5.74, 6) is -0.955. The second-order valence-electron chi connectivity index (χ2n) is 9.05. The molecule has 0 unspecified atom stereocenters. The van der Waals surface area contributed by atoms with Crippen LogP contribution < -0.4 is 11.3 Å². The van der Waals surface area contributed by atoms with Gasteiger partial charge in [-0.25, -0.2) is 19.0 Å². The van der Waals surface area contributed by atoms with E-state index in [-0.39, 0.29) is 12.4 Å². The van der Waals surface area contributed by atoms with Crippen LogP contribution in [0.4, 0.5) is 4.39 Å². The van der Waals surface area contributed by atoms with E-state index >= 15 is 0 Å². The van der Waals surface area contributed by atoms with Gasteiger partial charge in [0.15, 0.2) is 5.69 Å². The van der Waals surface area contributed by atoms with Crippen molar-refractivity contribution in [3.8, 4) is 11.4 Å². The second kappa shape index (κ2) is 8.86. The number of ether oxygens (including phenoxy) is 1. The molecular formula is C23H26FN7O4. The van der Waals surface area contributed by atoms with Gasteiger partial charge < -0.3 is 15.6 Å². The van der Waals surface area contributed by atoms with Crippen LogP contribution >= 0.6 is 0 Å². The third kappa shape index (κ3) is 4.08. The summed E-state index contributed by atoms with van der Waals surface area (Å²) in [5, 5.41) is 14.4. The molecule has 12 heteroatoms. The predicted octanol–water partition coefficient (Wildman–Crippen LogP) is 0.640. The standard InChI is InChI=1S/C23H26FN7O4/c1-14-26-13-27-31(14)17-10-16(24)3-2-15(17)11-29-6-4-23(5-7-29)12-35-9-8-30-21(34)19(32)18(20(25)33)28-22(23)30/h2-3,10,13,32H,4-9,11-12H2,1H3,(H2,25,33). The van der Waals surface area contributed by atoms with E-state index in [9.17, 15) is 19.1 Å². The number of benzene rings is 1. The number of hydrogen-bond acceptors (Lipinski definition) is 8. The van der Waals surface area contributed by atoms with E-state index in [0.29, 0.717) is 63.0 Å². The monoisotopic (exact) mass is 483 g/mol. The minimum absolute atomic E-state index is 0.232. The molecule has 1 spiro atoms. The zero-order valence-corrected chi connectivity index (χ0v) is 19.3. The molecule has 2 aliphatic heterocycles. The van der Waals surface area contributed by atoms with Crippen molar-refractivity contribution in [3.05, 3.63) is 63.6 Å². The first kappa shape index (κ1) is 23.1. The molecule has 3 aromatic rings.